The van der Waals surface area contributed by atoms with Crippen molar-refractivity contribution < 1.29 is 13.9 Å². The predicted octanol–water partition coefficient (Wildman–Crippen LogP) is 4.85. The monoisotopic (exact) mass is 367 g/mol. The zero-order chi connectivity index (χ0) is 17.4. The number of hydrogen-bond acceptors (Lipinski definition) is 5. The van der Waals surface area contributed by atoms with Gasteiger partial charge in [-0.15, -0.1) is 0 Å². The highest BCUT2D eigenvalue weighted by Crippen LogP contribution is 2.37. The Morgan fingerprint density at radius 2 is 2.00 bits per heavy atom. The van der Waals surface area contributed by atoms with Crippen LogP contribution in [0.5, 0.6) is 5.75 Å². The largest absolute Gasteiger partial charge is 0.497 e. The van der Waals surface area contributed by atoms with Gasteiger partial charge in [0.1, 0.15) is 17.1 Å². The molecule has 0 unspecified atom stereocenters. The molecule has 0 spiro atoms. The third-order valence-corrected chi connectivity index (χ3v) is 5.13. The lowest BCUT2D eigenvalue weighted by Crippen LogP contribution is -2.27. The topological polar surface area (TPSA) is 42.7 Å². The first-order chi connectivity index (χ1) is 12.2. The molecule has 2 heterocycles. The fraction of sp³-hybridized carbons (Fsp3) is 0.0526. The number of thiocarbonyl (C=S) groups is 1. The first-order valence-electron chi connectivity index (χ1n) is 7.56. The van der Waals surface area contributed by atoms with Crippen LogP contribution in [0.3, 0.4) is 0 Å². The molecule has 124 valence electrons. The number of fused-ring (bicyclic) bond motifs is 1. The summed E-state index contributed by atoms with van der Waals surface area (Å²) in [6, 6.07) is 16.9. The molecule has 0 N–H and O–H groups in total. The van der Waals surface area contributed by atoms with Crippen molar-refractivity contribution in [1.29, 1.82) is 0 Å². The maximum Gasteiger partial charge on any atom is 0.270 e. The van der Waals surface area contributed by atoms with Gasteiger partial charge in [-0.2, -0.15) is 0 Å². The molecular formula is C19H13NO3S2. The quantitative estimate of drug-likeness (QED) is 0.489. The number of carbonyl (C=O) groups excluding carboxylic acids is 1. The van der Waals surface area contributed by atoms with Crippen molar-refractivity contribution >= 4 is 56.9 Å². The number of thioether (sulfide) groups is 1. The second-order valence-corrected chi connectivity index (χ2v) is 7.08. The van der Waals surface area contributed by atoms with Gasteiger partial charge in [0.2, 0.25) is 0 Å². The van der Waals surface area contributed by atoms with E-state index in [0.717, 1.165) is 11.0 Å². The molecule has 1 fully saturated rings. The van der Waals surface area contributed by atoms with E-state index >= 15 is 0 Å². The van der Waals surface area contributed by atoms with Gasteiger partial charge in [-0.25, -0.2) is 0 Å². The summed E-state index contributed by atoms with van der Waals surface area (Å²) in [5, 5.41) is 0.997. The summed E-state index contributed by atoms with van der Waals surface area (Å²) in [5.74, 6) is 1.14. The van der Waals surface area contributed by atoms with Crippen LogP contribution < -0.4 is 9.64 Å². The lowest BCUT2D eigenvalue weighted by atomic mass is 10.2. The fourth-order valence-electron chi connectivity index (χ4n) is 2.64. The minimum Gasteiger partial charge on any atom is -0.497 e. The van der Waals surface area contributed by atoms with Gasteiger partial charge in [-0.05, 0) is 24.3 Å². The number of para-hydroxylation sites is 1. The standard InChI is InChI=1S/C19H13NO3S2/c1-22-14-7-4-6-13(10-14)20-18(21)17(25-19(20)24)11-15-9-12-5-2-3-8-16(12)23-15/h2-11H,1H3/b17-11+. The molecule has 25 heavy (non-hydrogen) atoms. The fourth-order valence-corrected chi connectivity index (χ4v) is 3.92. The van der Waals surface area contributed by atoms with E-state index in [2.05, 4.69) is 0 Å². The lowest BCUT2D eigenvalue weighted by Gasteiger charge is -2.15. The lowest BCUT2D eigenvalue weighted by molar-refractivity contribution is -0.113. The highest BCUT2D eigenvalue weighted by molar-refractivity contribution is 8.27. The molecule has 1 saturated heterocycles. The third-order valence-electron chi connectivity index (χ3n) is 3.82. The molecule has 1 aliphatic rings. The molecular weight excluding hydrogens is 354 g/mol. The smallest absolute Gasteiger partial charge is 0.270 e. The van der Waals surface area contributed by atoms with E-state index in [4.69, 9.17) is 21.4 Å². The molecule has 1 aliphatic heterocycles. The van der Waals surface area contributed by atoms with Gasteiger partial charge in [0, 0.05) is 17.5 Å². The number of hydrogen-bond donors (Lipinski definition) is 0. The van der Waals surface area contributed by atoms with Crippen LogP contribution in [0.4, 0.5) is 5.69 Å². The Kier molecular flexibility index (Phi) is 4.07. The number of anilines is 1. The van der Waals surface area contributed by atoms with E-state index in [1.165, 1.54) is 16.7 Å². The zero-order valence-corrected chi connectivity index (χ0v) is 14.9. The molecule has 0 atom stereocenters. The van der Waals surface area contributed by atoms with Crippen molar-refractivity contribution in [2.24, 2.45) is 0 Å². The molecule has 6 heteroatoms. The zero-order valence-electron chi connectivity index (χ0n) is 13.3. The number of amides is 1. The van der Waals surface area contributed by atoms with E-state index < -0.39 is 0 Å². The van der Waals surface area contributed by atoms with Crippen LogP contribution in [-0.2, 0) is 4.79 Å². The van der Waals surface area contributed by atoms with Crippen molar-refractivity contribution in [3.8, 4) is 5.75 Å². The van der Waals surface area contributed by atoms with Crippen molar-refractivity contribution in [3.05, 3.63) is 65.3 Å². The van der Waals surface area contributed by atoms with Crippen LogP contribution in [0.2, 0.25) is 0 Å². The summed E-state index contributed by atoms with van der Waals surface area (Å²) in [7, 11) is 1.59. The highest BCUT2D eigenvalue weighted by Gasteiger charge is 2.33. The maximum atomic E-state index is 12.8. The molecule has 0 bridgehead atoms. The van der Waals surface area contributed by atoms with Gasteiger partial charge < -0.3 is 9.15 Å². The minimum absolute atomic E-state index is 0.163. The number of carbonyl (C=O) groups is 1. The Balaban J connectivity index is 1.68. The average Bonchev–Trinajstić information content (AvgIpc) is 3.15. The molecule has 0 aliphatic carbocycles. The summed E-state index contributed by atoms with van der Waals surface area (Å²) in [5.41, 5.74) is 1.48. The van der Waals surface area contributed by atoms with E-state index in [0.29, 0.717) is 26.4 Å². The highest BCUT2D eigenvalue weighted by atomic mass is 32.2. The van der Waals surface area contributed by atoms with Crippen LogP contribution in [0, 0.1) is 0 Å². The molecule has 1 aromatic heterocycles. The summed E-state index contributed by atoms with van der Waals surface area (Å²) < 4.78 is 11.5. The number of nitrogens with zero attached hydrogens (tertiary/aromatic N) is 1. The maximum absolute atomic E-state index is 12.8. The van der Waals surface area contributed by atoms with Crippen LogP contribution in [-0.4, -0.2) is 17.3 Å². The molecule has 1 amide bonds. The SMILES string of the molecule is COc1cccc(N2C(=O)/C(=C\c3cc4ccccc4o3)SC2=S)c1. The van der Waals surface area contributed by atoms with Crippen molar-refractivity contribution in [3.63, 3.8) is 0 Å². The van der Waals surface area contributed by atoms with E-state index in [1.54, 1.807) is 19.3 Å². The van der Waals surface area contributed by atoms with Gasteiger partial charge in [-0.3, -0.25) is 9.69 Å². The van der Waals surface area contributed by atoms with Crippen LogP contribution >= 0.6 is 24.0 Å². The van der Waals surface area contributed by atoms with E-state index in [1.807, 2.05) is 48.5 Å². The van der Waals surface area contributed by atoms with Crippen molar-refractivity contribution in [2.45, 2.75) is 0 Å². The van der Waals surface area contributed by atoms with Gasteiger partial charge in [0.25, 0.3) is 5.91 Å². The Labute approximate surface area is 154 Å². The van der Waals surface area contributed by atoms with E-state index in [-0.39, 0.29) is 5.91 Å². The number of furan rings is 1. The summed E-state index contributed by atoms with van der Waals surface area (Å²) in [6.45, 7) is 0. The molecule has 2 aromatic carbocycles. The second-order valence-electron chi connectivity index (χ2n) is 5.41. The molecule has 0 saturated carbocycles. The summed E-state index contributed by atoms with van der Waals surface area (Å²) in [6.07, 6.45) is 1.74. The van der Waals surface area contributed by atoms with Gasteiger partial charge in [0.15, 0.2) is 4.32 Å². The Bertz CT molecular complexity index is 989. The Morgan fingerprint density at radius 3 is 2.80 bits per heavy atom. The van der Waals surface area contributed by atoms with Crippen LogP contribution in [0.15, 0.2) is 63.9 Å². The number of rotatable bonds is 3. The summed E-state index contributed by atoms with van der Waals surface area (Å²) in [4.78, 5) is 14.8. The van der Waals surface area contributed by atoms with Crippen LogP contribution in [0.1, 0.15) is 5.76 Å². The third kappa shape index (κ3) is 2.94. The van der Waals surface area contributed by atoms with Crippen molar-refractivity contribution in [1.82, 2.24) is 0 Å². The number of benzene rings is 2. The Morgan fingerprint density at radius 1 is 1.16 bits per heavy atom. The molecule has 3 aromatic rings. The normalized spacial score (nSPS) is 16.2. The summed E-state index contributed by atoms with van der Waals surface area (Å²) >= 11 is 6.66. The van der Waals surface area contributed by atoms with Gasteiger partial charge >= 0.3 is 0 Å². The van der Waals surface area contributed by atoms with Crippen molar-refractivity contribution in [2.75, 3.05) is 12.0 Å². The second kappa shape index (κ2) is 6.38. The molecule has 4 rings (SSSR count). The first-order valence-corrected chi connectivity index (χ1v) is 8.79. The minimum atomic E-state index is -0.163. The number of ether oxygens (including phenoxy) is 1. The molecule has 4 nitrogen and oxygen atoms in total. The van der Waals surface area contributed by atoms with Gasteiger partial charge in [0.05, 0.1) is 17.7 Å². The van der Waals surface area contributed by atoms with Gasteiger partial charge in [-0.1, -0.05) is 48.2 Å². The Hall–Kier alpha value is -2.57. The molecule has 0 radical (unpaired) electrons. The number of methoxy groups -OCH3 is 1. The van der Waals surface area contributed by atoms with Crippen LogP contribution in [0.25, 0.3) is 17.0 Å². The predicted molar refractivity (Wildman–Crippen MR) is 105 cm³/mol. The first kappa shape index (κ1) is 15.9. The van der Waals surface area contributed by atoms with E-state index in [9.17, 15) is 4.79 Å². The average molecular weight is 367 g/mol.